The number of hydrogen-bond acceptors (Lipinski definition) is 3. The molecule has 0 radical (unpaired) electrons. The van der Waals surface area contributed by atoms with E-state index in [4.69, 9.17) is 5.11 Å². The molecule has 0 spiro atoms. The Balaban J connectivity index is 1.87. The maximum absolute atomic E-state index is 12.8. The van der Waals surface area contributed by atoms with Crippen LogP contribution in [0.15, 0.2) is 54.6 Å². The number of nitrogens with zero attached hydrogens (tertiary/aromatic N) is 1. The molecule has 2 aromatic rings. The monoisotopic (exact) mass is 352 g/mol. The Bertz CT molecular complexity index is 835. The zero-order chi connectivity index (χ0) is 18.7. The van der Waals surface area contributed by atoms with E-state index in [1.807, 2.05) is 42.5 Å². The van der Waals surface area contributed by atoms with Crippen LogP contribution in [0.3, 0.4) is 0 Å². The number of fused-ring (bicyclic) bond motifs is 1. The van der Waals surface area contributed by atoms with E-state index in [-0.39, 0.29) is 5.91 Å². The van der Waals surface area contributed by atoms with Crippen LogP contribution in [0.25, 0.3) is 0 Å². The van der Waals surface area contributed by atoms with Crippen LogP contribution in [0.4, 0.5) is 0 Å². The highest BCUT2D eigenvalue weighted by Crippen LogP contribution is 2.26. The molecule has 0 bridgehead atoms. The number of carboxylic acids is 1. The van der Waals surface area contributed by atoms with E-state index in [0.717, 1.165) is 11.1 Å². The van der Waals surface area contributed by atoms with Crippen molar-refractivity contribution in [3.8, 4) is 0 Å². The van der Waals surface area contributed by atoms with E-state index in [0.29, 0.717) is 18.5 Å². The summed E-state index contributed by atoms with van der Waals surface area (Å²) in [5, 5.41) is 11.6. The van der Waals surface area contributed by atoms with Crippen LogP contribution in [0, 0.1) is 0 Å². The maximum Gasteiger partial charge on any atom is 0.325 e. The van der Waals surface area contributed by atoms with Crippen LogP contribution in [0.5, 0.6) is 0 Å². The fourth-order valence-corrected chi connectivity index (χ4v) is 3.08. The van der Waals surface area contributed by atoms with E-state index in [1.54, 1.807) is 12.1 Å². The van der Waals surface area contributed by atoms with Crippen molar-refractivity contribution in [2.45, 2.75) is 32.0 Å². The van der Waals surface area contributed by atoms with Gasteiger partial charge in [-0.2, -0.15) is 0 Å². The molecule has 1 aliphatic rings. The highest BCUT2D eigenvalue weighted by atomic mass is 16.4. The van der Waals surface area contributed by atoms with E-state index in [2.05, 4.69) is 5.32 Å². The fraction of sp³-hybridized carbons (Fsp3) is 0.250. The van der Waals surface area contributed by atoms with Gasteiger partial charge in [0.05, 0.1) is 0 Å². The molecule has 1 heterocycles. The third-order valence-electron chi connectivity index (χ3n) is 4.53. The van der Waals surface area contributed by atoms with Gasteiger partial charge in [0.25, 0.3) is 5.91 Å². The molecule has 0 aliphatic carbocycles. The van der Waals surface area contributed by atoms with Gasteiger partial charge in [-0.25, -0.2) is 0 Å². The average molecular weight is 352 g/mol. The summed E-state index contributed by atoms with van der Waals surface area (Å²) in [6.07, 6.45) is 0.318. The molecule has 0 saturated carbocycles. The normalized spacial score (nSPS) is 15.3. The third kappa shape index (κ3) is 3.59. The lowest BCUT2D eigenvalue weighted by Gasteiger charge is -2.28. The number of amides is 2. The number of carbonyl (C=O) groups is 3. The van der Waals surface area contributed by atoms with Gasteiger partial charge in [-0.05, 0) is 24.1 Å². The second-order valence-electron chi connectivity index (χ2n) is 6.36. The zero-order valence-electron chi connectivity index (χ0n) is 14.4. The van der Waals surface area contributed by atoms with Crippen molar-refractivity contribution in [3.63, 3.8) is 0 Å². The molecular formula is C20H20N2O4. The Hall–Kier alpha value is -3.15. The molecule has 0 aromatic heterocycles. The molecule has 0 unspecified atom stereocenters. The lowest BCUT2D eigenvalue weighted by atomic mass is 10.0. The Labute approximate surface area is 151 Å². The quantitative estimate of drug-likeness (QED) is 0.831. The number of carbonyl (C=O) groups excluding carboxylic acids is 2. The third-order valence-corrected chi connectivity index (χ3v) is 4.53. The first-order chi connectivity index (χ1) is 12.5. The molecule has 0 fully saturated rings. The summed E-state index contributed by atoms with van der Waals surface area (Å²) < 4.78 is 0. The molecule has 1 aliphatic heterocycles. The molecule has 26 heavy (non-hydrogen) atoms. The van der Waals surface area contributed by atoms with Gasteiger partial charge in [-0.3, -0.25) is 14.4 Å². The molecule has 0 saturated heterocycles. The minimum Gasteiger partial charge on any atom is -0.480 e. The summed E-state index contributed by atoms with van der Waals surface area (Å²) in [5.41, 5.74) is 2.36. The van der Waals surface area contributed by atoms with Gasteiger partial charge in [-0.1, -0.05) is 48.5 Å². The van der Waals surface area contributed by atoms with Gasteiger partial charge >= 0.3 is 5.97 Å². The summed E-state index contributed by atoms with van der Waals surface area (Å²) in [5.74, 6) is -1.79. The summed E-state index contributed by atoms with van der Waals surface area (Å²) >= 11 is 0. The zero-order valence-corrected chi connectivity index (χ0v) is 14.4. The van der Waals surface area contributed by atoms with Crippen molar-refractivity contribution in [3.05, 3.63) is 71.3 Å². The summed E-state index contributed by atoms with van der Waals surface area (Å²) in [4.78, 5) is 38.2. The first-order valence-electron chi connectivity index (χ1n) is 8.43. The summed E-state index contributed by atoms with van der Waals surface area (Å²) in [7, 11) is 0. The Kier molecular flexibility index (Phi) is 5.02. The second kappa shape index (κ2) is 7.39. The van der Waals surface area contributed by atoms with Crippen molar-refractivity contribution in [2.75, 3.05) is 0 Å². The molecule has 2 atom stereocenters. The van der Waals surface area contributed by atoms with Crippen molar-refractivity contribution in [1.29, 1.82) is 0 Å². The van der Waals surface area contributed by atoms with Gasteiger partial charge < -0.3 is 15.3 Å². The fourth-order valence-electron chi connectivity index (χ4n) is 3.08. The molecule has 2 N–H and O–H groups in total. The van der Waals surface area contributed by atoms with Crippen LogP contribution in [0.2, 0.25) is 0 Å². The number of hydrogen-bond donors (Lipinski definition) is 2. The largest absolute Gasteiger partial charge is 0.480 e. The molecule has 6 nitrogen and oxygen atoms in total. The van der Waals surface area contributed by atoms with Gasteiger partial charge in [-0.15, -0.1) is 0 Å². The highest BCUT2D eigenvalue weighted by Gasteiger charge is 2.37. The molecule has 134 valence electrons. The first kappa shape index (κ1) is 17.7. The van der Waals surface area contributed by atoms with Crippen molar-refractivity contribution >= 4 is 17.8 Å². The standard InChI is InChI=1S/C20H20N2O4/c1-13(20(25)26)21-18(23)17(11-14-7-3-2-4-8-14)22-12-15-9-5-6-10-16(15)19(22)24/h2-10,13,17H,11-12H2,1H3,(H,21,23)(H,25,26)/t13-,17-/m0/s1. The molecule has 6 heteroatoms. The van der Waals surface area contributed by atoms with Crippen molar-refractivity contribution in [2.24, 2.45) is 0 Å². The van der Waals surface area contributed by atoms with Crippen LogP contribution in [-0.4, -0.2) is 39.9 Å². The maximum atomic E-state index is 12.8. The SMILES string of the molecule is C[C@H](NC(=O)[C@H](Cc1ccccc1)N1Cc2ccccc2C1=O)C(=O)O. The molecule has 3 rings (SSSR count). The van der Waals surface area contributed by atoms with Gasteiger partial charge in [0, 0.05) is 18.5 Å². The number of nitrogens with one attached hydrogen (secondary N) is 1. The minimum atomic E-state index is -1.12. The first-order valence-corrected chi connectivity index (χ1v) is 8.43. The van der Waals surface area contributed by atoms with Gasteiger partial charge in [0.15, 0.2) is 0 Å². The summed E-state index contributed by atoms with van der Waals surface area (Å²) in [6.45, 7) is 1.74. The van der Waals surface area contributed by atoms with E-state index in [1.165, 1.54) is 11.8 Å². The Morgan fingerprint density at radius 3 is 2.42 bits per heavy atom. The van der Waals surface area contributed by atoms with Crippen molar-refractivity contribution in [1.82, 2.24) is 10.2 Å². The van der Waals surface area contributed by atoms with Crippen LogP contribution in [-0.2, 0) is 22.6 Å². The molecular weight excluding hydrogens is 332 g/mol. The average Bonchev–Trinajstić information content (AvgIpc) is 2.97. The lowest BCUT2D eigenvalue weighted by molar-refractivity contribution is -0.142. The van der Waals surface area contributed by atoms with Gasteiger partial charge in [0.2, 0.25) is 5.91 Å². The Morgan fingerprint density at radius 1 is 1.12 bits per heavy atom. The lowest BCUT2D eigenvalue weighted by Crippen LogP contribution is -2.51. The molecule has 2 aromatic carbocycles. The van der Waals surface area contributed by atoms with E-state index >= 15 is 0 Å². The smallest absolute Gasteiger partial charge is 0.325 e. The van der Waals surface area contributed by atoms with Gasteiger partial charge in [0.1, 0.15) is 12.1 Å². The summed E-state index contributed by atoms with van der Waals surface area (Å²) in [6, 6.07) is 14.8. The minimum absolute atomic E-state index is 0.209. The van der Waals surface area contributed by atoms with Crippen LogP contribution in [0.1, 0.15) is 28.4 Å². The number of benzene rings is 2. The number of rotatable bonds is 6. The Morgan fingerprint density at radius 2 is 1.77 bits per heavy atom. The predicted molar refractivity (Wildman–Crippen MR) is 95.5 cm³/mol. The number of aliphatic carboxylic acids is 1. The van der Waals surface area contributed by atoms with Crippen molar-refractivity contribution < 1.29 is 19.5 Å². The highest BCUT2D eigenvalue weighted by molar-refractivity contribution is 6.01. The topological polar surface area (TPSA) is 86.7 Å². The van der Waals surface area contributed by atoms with E-state index in [9.17, 15) is 14.4 Å². The predicted octanol–water partition coefficient (Wildman–Crippen LogP) is 1.84. The molecule has 2 amide bonds. The second-order valence-corrected chi connectivity index (χ2v) is 6.36. The van der Waals surface area contributed by atoms with Crippen LogP contribution < -0.4 is 5.32 Å². The van der Waals surface area contributed by atoms with Crippen LogP contribution >= 0.6 is 0 Å². The van der Waals surface area contributed by atoms with E-state index < -0.39 is 24.0 Å². The number of carboxylic acid groups (broad SMARTS) is 1.